The van der Waals surface area contributed by atoms with Crippen molar-refractivity contribution >= 4 is 50.7 Å². The van der Waals surface area contributed by atoms with Crippen molar-refractivity contribution in [2.75, 3.05) is 6.54 Å². The van der Waals surface area contributed by atoms with E-state index in [9.17, 15) is 13.2 Å². The number of hydrogen-bond donors (Lipinski definition) is 2. The standard InChI is InChI=1S/C9H9Cl3N2O3S/c1-2-14-9(15)6-7(11)4(10)3-5(8(6)12)18(13,16)17/h3H,2H2,1H3,(H,14,15)(H2,13,16,17). The summed E-state index contributed by atoms with van der Waals surface area (Å²) in [4.78, 5) is 11.3. The third-order valence-corrected chi connectivity index (χ3v) is 4.22. The molecule has 0 bridgehead atoms. The molecule has 1 amide bonds. The molecule has 0 saturated heterocycles. The highest BCUT2D eigenvalue weighted by Crippen LogP contribution is 2.36. The van der Waals surface area contributed by atoms with Gasteiger partial charge < -0.3 is 5.32 Å². The normalized spacial score (nSPS) is 11.4. The van der Waals surface area contributed by atoms with Crippen LogP contribution in [0, 0.1) is 0 Å². The van der Waals surface area contributed by atoms with E-state index in [4.69, 9.17) is 39.9 Å². The topological polar surface area (TPSA) is 89.3 Å². The minimum Gasteiger partial charge on any atom is -0.352 e. The number of carbonyl (C=O) groups is 1. The molecule has 9 heteroatoms. The van der Waals surface area contributed by atoms with Crippen molar-refractivity contribution in [2.45, 2.75) is 11.8 Å². The summed E-state index contributed by atoms with van der Waals surface area (Å²) in [5.74, 6) is -0.625. The lowest BCUT2D eigenvalue weighted by molar-refractivity contribution is 0.0956. The smallest absolute Gasteiger partial charge is 0.254 e. The van der Waals surface area contributed by atoms with Gasteiger partial charge in [-0.1, -0.05) is 34.8 Å². The van der Waals surface area contributed by atoms with Crippen molar-refractivity contribution in [3.05, 3.63) is 26.7 Å². The summed E-state index contributed by atoms with van der Waals surface area (Å²) in [6.07, 6.45) is 0. The van der Waals surface area contributed by atoms with Crippen LogP contribution >= 0.6 is 34.8 Å². The molecule has 5 nitrogen and oxygen atoms in total. The molecule has 0 atom stereocenters. The lowest BCUT2D eigenvalue weighted by atomic mass is 10.2. The van der Waals surface area contributed by atoms with E-state index in [1.54, 1.807) is 6.92 Å². The molecule has 1 aromatic rings. The Morgan fingerprint density at radius 2 is 1.89 bits per heavy atom. The minimum absolute atomic E-state index is 0.119. The maximum atomic E-state index is 11.7. The molecule has 0 unspecified atom stereocenters. The lowest BCUT2D eigenvalue weighted by Gasteiger charge is -2.11. The number of primary sulfonamides is 1. The molecule has 18 heavy (non-hydrogen) atoms. The predicted octanol–water partition coefficient (Wildman–Crippen LogP) is 2.04. The van der Waals surface area contributed by atoms with Gasteiger partial charge in [0.2, 0.25) is 10.0 Å². The Bertz CT molecular complexity index is 602. The van der Waals surface area contributed by atoms with Crippen molar-refractivity contribution in [3.63, 3.8) is 0 Å². The molecule has 0 aliphatic heterocycles. The van der Waals surface area contributed by atoms with Crippen LogP contribution in [0.25, 0.3) is 0 Å². The number of rotatable bonds is 3. The molecule has 0 radical (unpaired) electrons. The molecule has 0 aliphatic rings. The number of amides is 1. The zero-order valence-electron chi connectivity index (χ0n) is 9.13. The fraction of sp³-hybridized carbons (Fsp3) is 0.222. The zero-order chi connectivity index (χ0) is 14.1. The molecule has 0 heterocycles. The van der Waals surface area contributed by atoms with Crippen LogP contribution in [0.15, 0.2) is 11.0 Å². The first-order valence-electron chi connectivity index (χ1n) is 4.68. The van der Waals surface area contributed by atoms with Gasteiger partial charge in [0, 0.05) is 6.54 Å². The van der Waals surface area contributed by atoms with Gasteiger partial charge in [-0.25, -0.2) is 13.6 Å². The van der Waals surface area contributed by atoms with Crippen LogP contribution in [0.2, 0.25) is 15.1 Å². The molecule has 0 aliphatic carbocycles. The second-order valence-corrected chi connectivity index (χ2v) is 5.96. The third kappa shape index (κ3) is 3.07. The largest absolute Gasteiger partial charge is 0.352 e. The number of sulfonamides is 1. The van der Waals surface area contributed by atoms with Crippen molar-refractivity contribution in [1.29, 1.82) is 0 Å². The Hall–Kier alpha value is -0.530. The summed E-state index contributed by atoms with van der Waals surface area (Å²) in [5.41, 5.74) is -0.211. The van der Waals surface area contributed by atoms with Gasteiger partial charge in [-0.2, -0.15) is 0 Å². The number of nitrogens with one attached hydrogen (secondary N) is 1. The maximum absolute atomic E-state index is 11.7. The van der Waals surface area contributed by atoms with Gasteiger partial charge in [0.1, 0.15) is 4.90 Å². The van der Waals surface area contributed by atoms with Gasteiger partial charge in [-0.3, -0.25) is 4.79 Å². The Kier molecular flexibility index (Phi) is 4.85. The quantitative estimate of drug-likeness (QED) is 0.831. The van der Waals surface area contributed by atoms with Crippen LogP contribution < -0.4 is 10.5 Å². The van der Waals surface area contributed by atoms with E-state index < -0.39 is 20.8 Å². The maximum Gasteiger partial charge on any atom is 0.254 e. The Labute approximate surface area is 119 Å². The first kappa shape index (κ1) is 15.5. The highest BCUT2D eigenvalue weighted by molar-refractivity contribution is 7.89. The minimum atomic E-state index is -4.10. The molecule has 0 saturated carbocycles. The van der Waals surface area contributed by atoms with Crippen LogP contribution in [-0.2, 0) is 10.0 Å². The second kappa shape index (κ2) is 5.63. The van der Waals surface area contributed by atoms with Crippen LogP contribution in [-0.4, -0.2) is 20.9 Å². The first-order chi connectivity index (χ1) is 8.20. The van der Waals surface area contributed by atoms with E-state index in [-0.39, 0.29) is 20.6 Å². The summed E-state index contributed by atoms with van der Waals surface area (Å²) in [6, 6.07) is 1.00. The van der Waals surface area contributed by atoms with Gasteiger partial charge in [-0.15, -0.1) is 0 Å². The van der Waals surface area contributed by atoms with Crippen molar-refractivity contribution in [2.24, 2.45) is 5.14 Å². The number of hydrogen-bond acceptors (Lipinski definition) is 3. The molecule has 0 spiro atoms. The molecule has 1 rings (SSSR count). The lowest BCUT2D eigenvalue weighted by Crippen LogP contribution is -2.24. The van der Waals surface area contributed by atoms with Gasteiger partial charge in [0.25, 0.3) is 5.91 Å². The van der Waals surface area contributed by atoms with Crippen molar-refractivity contribution < 1.29 is 13.2 Å². The first-order valence-corrected chi connectivity index (χ1v) is 7.36. The van der Waals surface area contributed by atoms with E-state index in [0.29, 0.717) is 6.54 Å². The molecular weight excluding hydrogens is 323 g/mol. The predicted molar refractivity (Wildman–Crippen MR) is 70.9 cm³/mol. The van der Waals surface area contributed by atoms with Crippen LogP contribution in [0.3, 0.4) is 0 Å². The number of nitrogens with two attached hydrogens (primary N) is 1. The summed E-state index contributed by atoms with van der Waals surface area (Å²) in [6.45, 7) is 2.01. The average molecular weight is 332 g/mol. The van der Waals surface area contributed by atoms with Crippen LogP contribution in [0.5, 0.6) is 0 Å². The summed E-state index contributed by atoms with van der Waals surface area (Å²) in [7, 11) is -4.10. The average Bonchev–Trinajstić information content (AvgIpc) is 2.22. The molecule has 0 fully saturated rings. The molecule has 0 aromatic heterocycles. The number of carbonyl (C=O) groups excluding carboxylic acids is 1. The highest BCUT2D eigenvalue weighted by atomic mass is 35.5. The number of halogens is 3. The van der Waals surface area contributed by atoms with Gasteiger partial charge in [0.05, 0.1) is 20.6 Å². The molecular formula is C9H9Cl3N2O3S. The summed E-state index contributed by atoms with van der Waals surface area (Å²) in [5, 5.41) is 6.83. The Morgan fingerprint density at radius 1 is 1.33 bits per heavy atom. The number of benzene rings is 1. The van der Waals surface area contributed by atoms with Crippen molar-refractivity contribution in [3.8, 4) is 0 Å². The highest BCUT2D eigenvalue weighted by Gasteiger charge is 2.24. The zero-order valence-corrected chi connectivity index (χ0v) is 12.2. The molecule has 3 N–H and O–H groups in total. The SMILES string of the molecule is CCNC(=O)c1c(Cl)c(Cl)cc(S(N)(=O)=O)c1Cl. The third-order valence-electron chi connectivity index (χ3n) is 1.99. The Morgan fingerprint density at radius 3 is 2.33 bits per heavy atom. The van der Waals surface area contributed by atoms with Gasteiger partial charge in [0.15, 0.2) is 0 Å². The van der Waals surface area contributed by atoms with E-state index in [2.05, 4.69) is 5.32 Å². The van der Waals surface area contributed by atoms with Crippen molar-refractivity contribution in [1.82, 2.24) is 5.32 Å². The van der Waals surface area contributed by atoms with E-state index >= 15 is 0 Å². The van der Waals surface area contributed by atoms with Crippen LogP contribution in [0.4, 0.5) is 0 Å². The Balaban J connectivity index is 3.61. The van der Waals surface area contributed by atoms with E-state index in [0.717, 1.165) is 6.07 Å². The van der Waals surface area contributed by atoms with E-state index in [1.807, 2.05) is 0 Å². The van der Waals surface area contributed by atoms with Crippen LogP contribution in [0.1, 0.15) is 17.3 Å². The monoisotopic (exact) mass is 330 g/mol. The summed E-state index contributed by atoms with van der Waals surface area (Å²) < 4.78 is 22.6. The van der Waals surface area contributed by atoms with Gasteiger partial charge >= 0.3 is 0 Å². The van der Waals surface area contributed by atoms with Gasteiger partial charge in [-0.05, 0) is 13.0 Å². The second-order valence-electron chi connectivity index (χ2n) is 3.26. The van der Waals surface area contributed by atoms with E-state index in [1.165, 1.54) is 0 Å². The fourth-order valence-electron chi connectivity index (χ4n) is 1.24. The summed E-state index contributed by atoms with van der Waals surface area (Å²) >= 11 is 17.4. The molecule has 100 valence electrons. The fourth-order valence-corrected chi connectivity index (χ4v) is 2.98. The molecule has 1 aromatic carbocycles.